The molecule has 0 aliphatic carbocycles. The summed E-state index contributed by atoms with van der Waals surface area (Å²) in [5.41, 5.74) is -0.723. The number of anilines is 1. The maximum absolute atomic E-state index is 12.3. The van der Waals surface area contributed by atoms with Gasteiger partial charge < -0.3 is 4.55 Å². The number of hydrogen-bond acceptors (Lipinski definition) is 5. The number of nitro groups is 1. The van der Waals surface area contributed by atoms with Gasteiger partial charge in [0.15, 0.2) is 0 Å². The first-order valence-electron chi connectivity index (χ1n) is 3.79. The van der Waals surface area contributed by atoms with Crippen LogP contribution in [0.2, 0.25) is 0 Å². The number of hydrogen-bond donors (Lipinski definition) is 1. The van der Waals surface area contributed by atoms with Crippen LogP contribution < -0.4 is 4.31 Å². The monoisotopic (exact) mass is 290 g/mol. The summed E-state index contributed by atoms with van der Waals surface area (Å²) in [5, 5.41) is 10.3. The minimum absolute atomic E-state index is 0. The molecule has 0 unspecified atom stereocenters. The zero-order valence-corrected chi connectivity index (χ0v) is 9.55. The van der Waals surface area contributed by atoms with Crippen molar-refractivity contribution in [3.05, 3.63) is 34.4 Å². The quantitative estimate of drug-likeness (QED) is 0.303. The molecule has 17 heavy (non-hydrogen) atoms. The van der Waals surface area contributed by atoms with Gasteiger partial charge >= 0.3 is 6.30 Å². The van der Waals surface area contributed by atoms with Crippen molar-refractivity contribution in [2.75, 3.05) is 4.31 Å². The second-order valence-corrected chi connectivity index (χ2v) is 3.15. The fourth-order valence-electron chi connectivity index (χ4n) is 0.950. The van der Waals surface area contributed by atoms with Crippen molar-refractivity contribution in [2.45, 2.75) is 6.30 Å². The summed E-state index contributed by atoms with van der Waals surface area (Å²) in [5.74, 6) is 0. The summed E-state index contributed by atoms with van der Waals surface area (Å²) in [6.45, 7) is 0. The molecule has 1 aromatic carbocycles. The molecule has 0 radical (unpaired) electrons. The third kappa shape index (κ3) is 3.95. The number of nitro benzene ring substituents is 1. The summed E-state index contributed by atoms with van der Waals surface area (Å²) in [6, 6.07) is 3.64. The van der Waals surface area contributed by atoms with Gasteiger partial charge in [-0.2, -0.15) is 0 Å². The van der Waals surface area contributed by atoms with Crippen molar-refractivity contribution in [3.63, 3.8) is 0 Å². The van der Waals surface area contributed by atoms with Gasteiger partial charge in [0, 0.05) is 12.1 Å². The van der Waals surface area contributed by atoms with Gasteiger partial charge in [-0.3, -0.25) is 10.1 Å². The van der Waals surface area contributed by atoms with Crippen molar-refractivity contribution in [3.8, 4) is 0 Å². The molecule has 0 saturated heterocycles. The van der Waals surface area contributed by atoms with Crippen LogP contribution in [0.3, 0.4) is 0 Å². The van der Waals surface area contributed by atoms with Crippen LogP contribution >= 0.6 is 24.6 Å². The Bertz CT molecular complexity index is 387. The van der Waals surface area contributed by atoms with Gasteiger partial charge in [-0.15, -0.1) is 25.6 Å². The zero-order valence-electron chi connectivity index (χ0n) is 7.92. The molecule has 96 valence electrons. The standard InChI is InChI=1S/C7H5F3N2O3S.ClH/c8-7(9,10)11(16-15)5-1-3-6(4-2-5)12(13)14;/h1-4,15H;1H. The van der Waals surface area contributed by atoms with Gasteiger partial charge in [0.1, 0.15) is 12.2 Å². The molecular weight excluding hydrogens is 285 g/mol. The van der Waals surface area contributed by atoms with E-state index in [-0.39, 0.29) is 22.4 Å². The molecule has 0 fully saturated rings. The minimum atomic E-state index is -4.77. The fourth-order valence-corrected chi connectivity index (χ4v) is 1.26. The van der Waals surface area contributed by atoms with Crippen molar-refractivity contribution in [1.82, 2.24) is 0 Å². The zero-order chi connectivity index (χ0) is 12.3. The van der Waals surface area contributed by atoms with E-state index in [0.29, 0.717) is 0 Å². The van der Waals surface area contributed by atoms with Crippen LogP contribution in [0.5, 0.6) is 0 Å². The maximum Gasteiger partial charge on any atom is 0.496 e. The fraction of sp³-hybridized carbons (Fsp3) is 0.143. The molecule has 0 atom stereocenters. The first-order valence-corrected chi connectivity index (χ1v) is 4.52. The van der Waals surface area contributed by atoms with Crippen LogP contribution in [0.25, 0.3) is 0 Å². The van der Waals surface area contributed by atoms with Crippen molar-refractivity contribution in [1.29, 1.82) is 0 Å². The molecule has 0 aliphatic rings. The molecule has 0 saturated carbocycles. The van der Waals surface area contributed by atoms with Crippen molar-refractivity contribution in [2.24, 2.45) is 0 Å². The highest BCUT2D eigenvalue weighted by molar-refractivity contribution is 7.95. The number of rotatable bonds is 3. The Morgan fingerprint density at radius 2 is 1.76 bits per heavy atom. The van der Waals surface area contributed by atoms with E-state index in [4.69, 9.17) is 4.55 Å². The van der Waals surface area contributed by atoms with Crippen LogP contribution in [-0.2, 0) is 0 Å². The van der Waals surface area contributed by atoms with Crippen LogP contribution in [0.4, 0.5) is 24.5 Å². The lowest BCUT2D eigenvalue weighted by Crippen LogP contribution is -2.31. The normalized spacial score (nSPS) is 10.6. The van der Waals surface area contributed by atoms with Gasteiger partial charge in [-0.05, 0) is 12.1 Å². The second-order valence-electron chi connectivity index (χ2n) is 2.62. The topological polar surface area (TPSA) is 66.6 Å². The average molecular weight is 291 g/mol. The molecule has 0 spiro atoms. The molecule has 0 heterocycles. The Balaban J connectivity index is 0.00000256. The molecule has 10 heteroatoms. The summed E-state index contributed by atoms with van der Waals surface area (Å²) in [4.78, 5) is 9.54. The maximum atomic E-state index is 12.3. The number of halogens is 4. The Labute approximate surface area is 104 Å². The Kier molecular flexibility index (Phi) is 5.52. The van der Waals surface area contributed by atoms with Gasteiger partial charge in [0.25, 0.3) is 5.69 Å². The summed E-state index contributed by atoms with van der Waals surface area (Å²) < 4.78 is 45.0. The SMILES string of the molecule is Cl.O=[N+]([O-])c1ccc(N(SO)C(F)(F)F)cc1. The first-order chi connectivity index (χ1) is 7.36. The van der Waals surface area contributed by atoms with Crippen LogP contribution in [-0.4, -0.2) is 15.8 Å². The Morgan fingerprint density at radius 3 is 2.06 bits per heavy atom. The molecule has 0 bridgehead atoms. The lowest BCUT2D eigenvalue weighted by atomic mass is 10.3. The summed E-state index contributed by atoms with van der Waals surface area (Å²) >= 11 is -0.517. The van der Waals surface area contributed by atoms with Gasteiger partial charge in [0.2, 0.25) is 0 Å². The molecule has 0 aliphatic heterocycles. The lowest BCUT2D eigenvalue weighted by molar-refractivity contribution is -0.384. The molecule has 1 rings (SSSR count). The summed E-state index contributed by atoms with van der Waals surface area (Å²) in [6.07, 6.45) is -4.77. The highest BCUT2D eigenvalue weighted by Crippen LogP contribution is 2.34. The highest BCUT2D eigenvalue weighted by Gasteiger charge is 2.38. The van der Waals surface area contributed by atoms with E-state index in [9.17, 15) is 23.3 Å². The lowest BCUT2D eigenvalue weighted by Gasteiger charge is -2.21. The number of alkyl halides is 3. The first kappa shape index (κ1) is 15.8. The third-order valence-corrected chi connectivity index (χ3v) is 2.19. The molecule has 0 amide bonds. The van der Waals surface area contributed by atoms with Gasteiger partial charge in [-0.1, -0.05) is 0 Å². The Morgan fingerprint density at radius 1 is 1.29 bits per heavy atom. The third-order valence-electron chi connectivity index (χ3n) is 1.61. The molecule has 1 aromatic rings. The number of benzene rings is 1. The largest absolute Gasteiger partial charge is 0.496 e. The summed E-state index contributed by atoms with van der Waals surface area (Å²) in [7, 11) is 0. The van der Waals surface area contributed by atoms with E-state index >= 15 is 0 Å². The molecular formula is C7H6ClF3N2O3S. The minimum Gasteiger partial charge on any atom is -0.312 e. The van der Waals surface area contributed by atoms with Gasteiger partial charge in [-0.25, -0.2) is 4.31 Å². The van der Waals surface area contributed by atoms with E-state index in [1.807, 2.05) is 0 Å². The molecule has 0 aromatic heterocycles. The van der Waals surface area contributed by atoms with E-state index in [1.54, 1.807) is 0 Å². The van der Waals surface area contributed by atoms with Crippen molar-refractivity contribution < 1.29 is 22.6 Å². The Hall–Kier alpha value is -1.19. The van der Waals surface area contributed by atoms with Crippen LogP contribution in [0.1, 0.15) is 0 Å². The van der Waals surface area contributed by atoms with E-state index in [2.05, 4.69) is 0 Å². The molecule has 5 nitrogen and oxygen atoms in total. The number of non-ortho nitro benzene ring substituents is 1. The van der Waals surface area contributed by atoms with Crippen LogP contribution in [0.15, 0.2) is 24.3 Å². The predicted molar refractivity (Wildman–Crippen MR) is 59.1 cm³/mol. The van der Waals surface area contributed by atoms with E-state index in [0.717, 1.165) is 24.3 Å². The van der Waals surface area contributed by atoms with Crippen LogP contribution in [0, 0.1) is 10.1 Å². The van der Waals surface area contributed by atoms with Gasteiger partial charge in [0.05, 0.1) is 10.6 Å². The average Bonchev–Trinajstić information content (AvgIpc) is 2.17. The number of nitrogens with zero attached hydrogens (tertiary/aromatic N) is 2. The second kappa shape index (κ2) is 5.94. The smallest absolute Gasteiger partial charge is 0.312 e. The molecule has 1 N–H and O–H groups in total. The highest BCUT2D eigenvalue weighted by atomic mass is 35.5. The van der Waals surface area contributed by atoms with E-state index in [1.165, 1.54) is 0 Å². The van der Waals surface area contributed by atoms with E-state index < -0.39 is 29.1 Å². The van der Waals surface area contributed by atoms with Crippen molar-refractivity contribution >= 4 is 36.0 Å². The predicted octanol–water partition coefficient (Wildman–Crippen LogP) is 3.46.